The van der Waals surface area contributed by atoms with E-state index in [1.165, 1.54) is 12.8 Å². The van der Waals surface area contributed by atoms with Gasteiger partial charge in [0, 0.05) is 19.6 Å². The largest absolute Gasteiger partial charge is 0.357 e. The van der Waals surface area contributed by atoms with Crippen molar-refractivity contribution in [1.29, 1.82) is 0 Å². The lowest BCUT2D eigenvalue weighted by Crippen LogP contribution is -2.40. The highest BCUT2D eigenvalue weighted by Crippen LogP contribution is 2.15. The summed E-state index contributed by atoms with van der Waals surface area (Å²) in [6.07, 6.45) is 2.37. The first-order valence-corrected chi connectivity index (χ1v) is 8.68. The minimum atomic E-state index is -3.09. The molecule has 1 rings (SSSR count). The summed E-state index contributed by atoms with van der Waals surface area (Å²) >= 11 is 0. The smallest absolute Gasteiger partial charge is 0.193 e. The van der Waals surface area contributed by atoms with Gasteiger partial charge in [0.25, 0.3) is 0 Å². The average molecular weight is 417 g/mol. The van der Waals surface area contributed by atoms with Crippen molar-refractivity contribution in [3.8, 4) is 0 Å². The predicted octanol–water partition coefficient (Wildman–Crippen LogP) is 1.88. The quantitative estimate of drug-likeness (QED) is 0.431. The van der Waals surface area contributed by atoms with E-state index < -0.39 is 14.6 Å². The van der Waals surface area contributed by atoms with E-state index in [2.05, 4.69) is 15.2 Å². The second-order valence-corrected chi connectivity index (χ2v) is 8.72. The highest BCUT2D eigenvalue weighted by Gasteiger charge is 2.28. The molecule has 1 heterocycles. The molecule has 7 heteroatoms. The van der Waals surface area contributed by atoms with E-state index in [1.807, 2.05) is 6.92 Å². The number of halogens is 1. The van der Waals surface area contributed by atoms with Gasteiger partial charge in [-0.25, -0.2) is 8.42 Å². The SMILES string of the molecule is CCNC(=NCCS(=O)(=O)C(C)(C)C)N1CCCC1.I. The fourth-order valence-corrected chi connectivity index (χ4v) is 2.88. The van der Waals surface area contributed by atoms with E-state index in [1.54, 1.807) is 20.8 Å². The standard InChI is InChI=1S/C13H27N3O2S.HI/c1-5-14-12(16-9-6-7-10-16)15-8-11-19(17,18)13(2,3)4;/h5-11H2,1-4H3,(H,14,15);1H. The van der Waals surface area contributed by atoms with Crippen molar-refractivity contribution in [2.24, 2.45) is 4.99 Å². The Morgan fingerprint density at radius 2 is 1.80 bits per heavy atom. The van der Waals surface area contributed by atoms with Crippen molar-refractivity contribution >= 4 is 39.8 Å². The second kappa shape index (κ2) is 8.41. The zero-order valence-electron chi connectivity index (χ0n) is 13.0. The molecule has 1 N–H and O–H groups in total. The molecule has 0 radical (unpaired) electrons. The van der Waals surface area contributed by atoms with Gasteiger partial charge in [-0.3, -0.25) is 4.99 Å². The van der Waals surface area contributed by atoms with Gasteiger partial charge in [-0.2, -0.15) is 0 Å². The number of nitrogens with zero attached hydrogens (tertiary/aromatic N) is 2. The van der Waals surface area contributed by atoms with Crippen molar-refractivity contribution in [1.82, 2.24) is 10.2 Å². The molecular formula is C13H28IN3O2S. The molecule has 1 aliphatic heterocycles. The van der Waals surface area contributed by atoms with Crippen LogP contribution in [0.4, 0.5) is 0 Å². The lowest BCUT2D eigenvalue weighted by molar-refractivity contribution is 0.494. The molecule has 0 saturated carbocycles. The van der Waals surface area contributed by atoms with Gasteiger partial charge in [0.05, 0.1) is 17.0 Å². The maximum atomic E-state index is 12.0. The summed E-state index contributed by atoms with van der Waals surface area (Å²) in [4.78, 5) is 6.65. The van der Waals surface area contributed by atoms with E-state index >= 15 is 0 Å². The monoisotopic (exact) mass is 417 g/mol. The molecule has 0 aromatic heterocycles. The molecule has 1 aliphatic rings. The van der Waals surface area contributed by atoms with E-state index in [9.17, 15) is 8.42 Å². The van der Waals surface area contributed by atoms with Crippen molar-refractivity contribution in [3.05, 3.63) is 0 Å². The number of hydrogen-bond donors (Lipinski definition) is 1. The van der Waals surface area contributed by atoms with Gasteiger partial charge in [0.1, 0.15) is 0 Å². The average Bonchev–Trinajstić information content (AvgIpc) is 2.79. The second-order valence-electron chi connectivity index (χ2n) is 5.86. The molecule has 1 fully saturated rings. The van der Waals surface area contributed by atoms with Crippen LogP contribution in [0.2, 0.25) is 0 Å². The molecule has 5 nitrogen and oxygen atoms in total. The number of likely N-dealkylation sites (tertiary alicyclic amines) is 1. The van der Waals surface area contributed by atoms with Gasteiger partial charge < -0.3 is 10.2 Å². The molecule has 120 valence electrons. The molecule has 0 aliphatic carbocycles. The number of rotatable bonds is 4. The fourth-order valence-electron chi connectivity index (χ4n) is 1.93. The zero-order valence-corrected chi connectivity index (χ0v) is 16.1. The summed E-state index contributed by atoms with van der Waals surface area (Å²) in [6.45, 7) is 10.4. The highest BCUT2D eigenvalue weighted by atomic mass is 127. The third kappa shape index (κ3) is 5.75. The van der Waals surface area contributed by atoms with Gasteiger partial charge in [0.2, 0.25) is 0 Å². The molecule has 20 heavy (non-hydrogen) atoms. The van der Waals surface area contributed by atoms with Crippen molar-refractivity contribution in [3.63, 3.8) is 0 Å². The predicted molar refractivity (Wildman–Crippen MR) is 95.7 cm³/mol. The van der Waals surface area contributed by atoms with Crippen molar-refractivity contribution in [2.45, 2.75) is 45.3 Å². The molecule has 0 atom stereocenters. The summed E-state index contributed by atoms with van der Waals surface area (Å²) < 4.78 is 23.3. The maximum Gasteiger partial charge on any atom is 0.193 e. The molecule has 0 aromatic rings. The van der Waals surface area contributed by atoms with Crippen molar-refractivity contribution < 1.29 is 8.42 Å². The summed E-state index contributed by atoms with van der Waals surface area (Å²) in [5.74, 6) is 0.961. The molecular weight excluding hydrogens is 389 g/mol. The van der Waals surface area contributed by atoms with Crippen LogP contribution >= 0.6 is 24.0 Å². The van der Waals surface area contributed by atoms with Gasteiger partial charge in [-0.05, 0) is 40.5 Å². The van der Waals surface area contributed by atoms with Crippen LogP contribution < -0.4 is 5.32 Å². The maximum absolute atomic E-state index is 12.0. The van der Waals surface area contributed by atoms with E-state index in [0.717, 1.165) is 25.6 Å². The van der Waals surface area contributed by atoms with Gasteiger partial charge in [-0.15, -0.1) is 24.0 Å². The Labute approximate surface area is 140 Å². The van der Waals surface area contributed by atoms with Crippen LogP contribution in [0, 0.1) is 0 Å². The number of guanidine groups is 1. The zero-order chi connectivity index (χ0) is 14.5. The van der Waals surface area contributed by atoms with Crippen molar-refractivity contribution in [2.75, 3.05) is 31.9 Å². The minimum absolute atomic E-state index is 0. The molecule has 0 amide bonds. The fraction of sp³-hybridized carbons (Fsp3) is 0.923. The number of hydrogen-bond acceptors (Lipinski definition) is 3. The Bertz CT molecular complexity index is 410. The highest BCUT2D eigenvalue weighted by molar-refractivity contribution is 14.0. The van der Waals surface area contributed by atoms with Crippen LogP contribution in [-0.4, -0.2) is 56.0 Å². The van der Waals surface area contributed by atoms with E-state index in [4.69, 9.17) is 0 Å². The van der Waals surface area contributed by atoms with Crippen LogP contribution in [0.25, 0.3) is 0 Å². The summed E-state index contributed by atoms with van der Waals surface area (Å²) in [6, 6.07) is 0. The van der Waals surface area contributed by atoms with Crippen LogP contribution in [-0.2, 0) is 9.84 Å². The summed E-state index contributed by atoms with van der Waals surface area (Å²) in [7, 11) is -3.09. The Morgan fingerprint density at radius 3 is 2.25 bits per heavy atom. The third-order valence-electron chi connectivity index (χ3n) is 3.30. The van der Waals surface area contributed by atoms with Gasteiger partial charge in [0.15, 0.2) is 15.8 Å². The third-order valence-corrected chi connectivity index (χ3v) is 5.88. The number of aliphatic imine (C=N–C) groups is 1. The first-order chi connectivity index (χ1) is 8.78. The molecule has 0 aromatic carbocycles. The Morgan fingerprint density at radius 1 is 1.25 bits per heavy atom. The normalized spacial score (nSPS) is 17.0. The topological polar surface area (TPSA) is 61.8 Å². The molecule has 1 saturated heterocycles. The van der Waals surface area contributed by atoms with Crippen LogP contribution in [0.15, 0.2) is 4.99 Å². The first-order valence-electron chi connectivity index (χ1n) is 7.03. The van der Waals surface area contributed by atoms with Crippen LogP contribution in [0.5, 0.6) is 0 Å². The summed E-state index contributed by atoms with van der Waals surface area (Å²) in [5, 5.41) is 3.23. The Hall–Kier alpha value is -0.0500. The summed E-state index contributed by atoms with van der Waals surface area (Å²) in [5.41, 5.74) is 0. The molecule has 0 spiro atoms. The molecule has 0 bridgehead atoms. The van der Waals surface area contributed by atoms with Crippen LogP contribution in [0.3, 0.4) is 0 Å². The first kappa shape index (κ1) is 19.9. The Balaban J connectivity index is 0.00000361. The molecule has 0 unspecified atom stereocenters. The minimum Gasteiger partial charge on any atom is -0.357 e. The van der Waals surface area contributed by atoms with Crippen LogP contribution in [0.1, 0.15) is 40.5 Å². The van der Waals surface area contributed by atoms with E-state index in [-0.39, 0.29) is 29.7 Å². The lowest BCUT2D eigenvalue weighted by Gasteiger charge is -2.21. The van der Waals surface area contributed by atoms with Gasteiger partial charge >= 0.3 is 0 Å². The lowest BCUT2D eigenvalue weighted by atomic mass is 10.3. The van der Waals surface area contributed by atoms with Gasteiger partial charge in [-0.1, -0.05) is 0 Å². The van der Waals surface area contributed by atoms with E-state index in [0.29, 0.717) is 6.54 Å². The number of nitrogens with one attached hydrogen (secondary N) is 1. The Kier molecular flexibility index (Phi) is 8.39. The number of sulfone groups is 1.